The maximum atomic E-state index is 5.38. The van der Waals surface area contributed by atoms with Crippen molar-refractivity contribution in [3.8, 4) is 11.5 Å². The maximum Gasteiger partial charge on any atom is 0.161 e. The molecule has 0 saturated heterocycles. The van der Waals surface area contributed by atoms with Gasteiger partial charge in [-0.2, -0.15) is 0 Å². The van der Waals surface area contributed by atoms with Crippen LogP contribution in [0, 0.1) is 0 Å². The van der Waals surface area contributed by atoms with Crippen LogP contribution >= 0.6 is 15.9 Å². The lowest BCUT2D eigenvalue weighted by atomic mass is 10.0. The summed E-state index contributed by atoms with van der Waals surface area (Å²) < 4.78 is 11.7. The Labute approximate surface area is 137 Å². The minimum absolute atomic E-state index is 0.593. The van der Waals surface area contributed by atoms with Crippen molar-refractivity contribution >= 4 is 15.9 Å². The van der Waals surface area contributed by atoms with Crippen LogP contribution in [-0.4, -0.2) is 20.3 Å². The SMILES string of the molecule is CCCCC(CCC)NCc1cc(OC)c(OC)cc1Br. The molecular formula is C17H28BrNO2. The summed E-state index contributed by atoms with van der Waals surface area (Å²) in [5.41, 5.74) is 1.20. The lowest BCUT2D eigenvalue weighted by Crippen LogP contribution is -2.28. The molecule has 21 heavy (non-hydrogen) atoms. The highest BCUT2D eigenvalue weighted by molar-refractivity contribution is 9.10. The van der Waals surface area contributed by atoms with Crippen molar-refractivity contribution in [2.24, 2.45) is 0 Å². The molecular weight excluding hydrogens is 330 g/mol. The molecule has 1 atom stereocenters. The second-order valence-electron chi connectivity index (χ2n) is 5.31. The van der Waals surface area contributed by atoms with E-state index >= 15 is 0 Å². The van der Waals surface area contributed by atoms with Crippen LogP contribution in [0.5, 0.6) is 11.5 Å². The van der Waals surface area contributed by atoms with E-state index < -0.39 is 0 Å². The normalized spacial score (nSPS) is 12.2. The Balaban J connectivity index is 2.72. The first-order valence-corrected chi connectivity index (χ1v) is 8.59. The highest BCUT2D eigenvalue weighted by atomic mass is 79.9. The van der Waals surface area contributed by atoms with Crippen molar-refractivity contribution < 1.29 is 9.47 Å². The average Bonchev–Trinajstić information content (AvgIpc) is 2.50. The molecule has 4 heteroatoms. The number of nitrogens with one attached hydrogen (secondary N) is 1. The summed E-state index contributed by atoms with van der Waals surface area (Å²) in [4.78, 5) is 0. The molecule has 0 bridgehead atoms. The number of rotatable bonds is 10. The molecule has 0 spiro atoms. The van der Waals surface area contributed by atoms with Crippen molar-refractivity contribution in [3.05, 3.63) is 22.2 Å². The topological polar surface area (TPSA) is 30.5 Å². The van der Waals surface area contributed by atoms with Crippen LogP contribution in [0.3, 0.4) is 0 Å². The predicted octanol–water partition coefficient (Wildman–Crippen LogP) is 4.91. The minimum atomic E-state index is 0.593. The average molecular weight is 358 g/mol. The molecule has 0 aliphatic carbocycles. The maximum absolute atomic E-state index is 5.38. The summed E-state index contributed by atoms with van der Waals surface area (Å²) in [6, 6.07) is 4.60. The summed E-state index contributed by atoms with van der Waals surface area (Å²) in [7, 11) is 3.33. The van der Waals surface area contributed by atoms with Gasteiger partial charge in [-0.1, -0.05) is 49.0 Å². The molecule has 0 aliphatic heterocycles. The lowest BCUT2D eigenvalue weighted by molar-refractivity contribution is 0.353. The van der Waals surface area contributed by atoms with E-state index in [4.69, 9.17) is 9.47 Å². The van der Waals surface area contributed by atoms with Gasteiger partial charge in [0.25, 0.3) is 0 Å². The molecule has 0 radical (unpaired) electrons. The van der Waals surface area contributed by atoms with Gasteiger partial charge in [0.15, 0.2) is 11.5 Å². The molecule has 1 unspecified atom stereocenters. The molecule has 1 N–H and O–H groups in total. The molecule has 0 aromatic heterocycles. The van der Waals surface area contributed by atoms with E-state index in [-0.39, 0.29) is 0 Å². The van der Waals surface area contributed by atoms with Crippen molar-refractivity contribution in [3.63, 3.8) is 0 Å². The standard InChI is InChI=1S/C17H28BrNO2/c1-5-7-9-14(8-6-2)19-12-13-10-16(20-3)17(21-4)11-15(13)18/h10-11,14,19H,5-9,12H2,1-4H3. The number of hydrogen-bond acceptors (Lipinski definition) is 3. The Kier molecular flexibility index (Phi) is 8.77. The van der Waals surface area contributed by atoms with Crippen LogP contribution in [0.1, 0.15) is 51.5 Å². The molecule has 1 aromatic rings. The molecule has 1 rings (SSSR count). The molecule has 0 aliphatic rings. The number of benzene rings is 1. The smallest absolute Gasteiger partial charge is 0.161 e. The van der Waals surface area contributed by atoms with Crippen LogP contribution in [0.4, 0.5) is 0 Å². The van der Waals surface area contributed by atoms with E-state index in [1.807, 2.05) is 12.1 Å². The lowest BCUT2D eigenvalue weighted by Gasteiger charge is -2.19. The number of unbranched alkanes of at least 4 members (excludes halogenated alkanes) is 1. The van der Waals surface area contributed by atoms with Crippen LogP contribution in [0.2, 0.25) is 0 Å². The summed E-state index contributed by atoms with van der Waals surface area (Å²) >= 11 is 3.62. The van der Waals surface area contributed by atoms with Crippen molar-refractivity contribution in [2.45, 2.75) is 58.5 Å². The number of hydrogen-bond donors (Lipinski definition) is 1. The van der Waals surface area contributed by atoms with E-state index in [1.54, 1.807) is 14.2 Å². The van der Waals surface area contributed by atoms with Gasteiger partial charge in [-0.15, -0.1) is 0 Å². The van der Waals surface area contributed by atoms with Gasteiger partial charge in [-0.05, 0) is 30.5 Å². The quantitative estimate of drug-likeness (QED) is 0.644. The molecule has 0 amide bonds. The highest BCUT2D eigenvalue weighted by Crippen LogP contribution is 2.33. The van der Waals surface area contributed by atoms with Crippen LogP contribution < -0.4 is 14.8 Å². The molecule has 0 saturated carbocycles. The Morgan fingerprint density at radius 1 is 1.05 bits per heavy atom. The summed E-state index contributed by atoms with van der Waals surface area (Å²) in [5.74, 6) is 1.53. The second-order valence-corrected chi connectivity index (χ2v) is 6.16. The van der Waals surface area contributed by atoms with Crippen LogP contribution in [0.25, 0.3) is 0 Å². The minimum Gasteiger partial charge on any atom is -0.493 e. The second kappa shape index (κ2) is 10.1. The van der Waals surface area contributed by atoms with E-state index in [0.717, 1.165) is 22.5 Å². The van der Waals surface area contributed by atoms with Gasteiger partial charge >= 0.3 is 0 Å². The van der Waals surface area contributed by atoms with Crippen molar-refractivity contribution in [1.82, 2.24) is 5.32 Å². The van der Waals surface area contributed by atoms with Gasteiger partial charge < -0.3 is 14.8 Å². The zero-order valence-electron chi connectivity index (χ0n) is 13.7. The Morgan fingerprint density at radius 2 is 1.71 bits per heavy atom. The zero-order chi connectivity index (χ0) is 15.7. The van der Waals surface area contributed by atoms with E-state index in [1.165, 1.54) is 37.7 Å². The van der Waals surface area contributed by atoms with Gasteiger partial charge in [0, 0.05) is 17.1 Å². The Bertz CT molecular complexity index is 423. The van der Waals surface area contributed by atoms with Crippen molar-refractivity contribution in [2.75, 3.05) is 14.2 Å². The van der Waals surface area contributed by atoms with Crippen LogP contribution in [0.15, 0.2) is 16.6 Å². The fraction of sp³-hybridized carbons (Fsp3) is 0.647. The van der Waals surface area contributed by atoms with Gasteiger partial charge in [0.05, 0.1) is 14.2 Å². The first-order valence-electron chi connectivity index (χ1n) is 7.79. The van der Waals surface area contributed by atoms with Gasteiger partial charge in [0.1, 0.15) is 0 Å². The fourth-order valence-electron chi connectivity index (χ4n) is 2.43. The van der Waals surface area contributed by atoms with Gasteiger partial charge in [0.2, 0.25) is 0 Å². The molecule has 0 fully saturated rings. The molecule has 1 aromatic carbocycles. The highest BCUT2D eigenvalue weighted by Gasteiger charge is 2.12. The number of methoxy groups -OCH3 is 2. The summed E-state index contributed by atoms with van der Waals surface area (Å²) in [6.45, 7) is 5.33. The van der Waals surface area contributed by atoms with Gasteiger partial charge in [-0.25, -0.2) is 0 Å². The Hall–Kier alpha value is -0.740. The van der Waals surface area contributed by atoms with E-state index in [2.05, 4.69) is 35.1 Å². The van der Waals surface area contributed by atoms with Crippen molar-refractivity contribution in [1.29, 1.82) is 0 Å². The third kappa shape index (κ3) is 5.87. The number of ether oxygens (including phenoxy) is 2. The molecule has 3 nitrogen and oxygen atoms in total. The third-order valence-electron chi connectivity index (χ3n) is 3.68. The van der Waals surface area contributed by atoms with E-state index in [9.17, 15) is 0 Å². The zero-order valence-corrected chi connectivity index (χ0v) is 15.3. The molecule has 0 heterocycles. The first kappa shape index (κ1) is 18.3. The first-order chi connectivity index (χ1) is 10.2. The fourth-order valence-corrected chi connectivity index (χ4v) is 2.90. The number of halogens is 1. The summed E-state index contributed by atoms with van der Waals surface area (Å²) in [6.07, 6.45) is 6.22. The predicted molar refractivity (Wildman–Crippen MR) is 92.3 cm³/mol. The monoisotopic (exact) mass is 357 g/mol. The van der Waals surface area contributed by atoms with Crippen LogP contribution in [-0.2, 0) is 6.54 Å². The third-order valence-corrected chi connectivity index (χ3v) is 4.42. The largest absolute Gasteiger partial charge is 0.493 e. The van der Waals surface area contributed by atoms with Gasteiger partial charge in [-0.3, -0.25) is 0 Å². The molecule has 120 valence electrons. The summed E-state index contributed by atoms with van der Waals surface area (Å²) in [5, 5.41) is 3.68. The van der Waals surface area contributed by atoms with E-state index in [0.29, 0.717) is 6.04 Å². The Morgan fingerprint density at radius 3 is 2.29 bits per heavy atom.